The van der Waals surface area contributed by atoms with E-state index in [1.54, 1.807) is 42.5 Å². The van der Waals surface area contributed by atoms with Crippen LogP contribution in [0.4, 0.5) is 17.2 Å². The standard InChI is InChI=1S/C17H12Cl2N4O/c18-11-5-7-12(8-6-11)22-16-9-15(20-10-21-16)17(24)23-14-4-2-1-3-13(14)19/h1-10H,(H,23,24)(H,20,21,22). The highest BCUT2D eigenvalue weighted by molar-refractivity contribution is 6.33. The molecule has 0 radical (unpaired) electrons. The minimum Gasteiger partial charge on any atom is -0.340 e. The summed E-state index contributed by atoms with van der Waals surface area (Å²) in [5, 5.41) is 6.90. The van der Waals surface area contributed by atoms with Gasteiger partial charge in [0.25, 0.3) is 5.91 Å². The number of hydrogen-bond acceptors (Lipinski definition) is 4. The van der Waals surface area contributed by atoms with Crippen molar-refractivity contribution in [3.05, 3.63) is 76.7 Å². The first kappa shape index (κ1) is 16.2. The van der Waals surface area contributed by atoms with Crippen molar-refractivity contribution >= 4 is 46.3 Å². The number of halogens is 2. The number of aromatic nitrogens is 2. The maximum absolute atomic E-state index is 12.3. The number of para-hydroxylation sites is 1. The number of rotatable bonds is 4. The molecule has 0 saturated carbocycles. The van der Waals surface area contributed by atoms with Crippen LogP contribution in [0.3, 0.4) is 0 Å². The van der Waals surface area contributed by atoms with Gasteiger partial charge < -0.3 is 10.6 Å². The van der Waals surface area contributed by atoms with E-state index in [-0.39, 0.29) is 11.6 Å². The van der Waals surface area contributed by atoms with E-state index >= 15 is 0 Å². The second-order valence-corrected chi connectivity index (χ2v) is 5.70. The smallest absolute Gasteiger partial charge is 0.274 e. The van der Waals surface area contributed by atoms with E-state index in [1.807, 2.05) is 12.1 Å². The average Bonchev–Trinajstić information content (AvgIpc) is 2.59. The summed E-state index contributed by atoms with van der Waals surface area (Å²) in [5.41, 5.74) is 1.55. The van der Waals surface area contributed by atoms with E-state index in [2.05, 4.69) is 20.6 Å². The predicted octanol–water partition coefficient (Wildman–Crippen LogP) is 4.78. The molecule has 3 aromatic rings. The molecule has 1 amide bonds. The highest BCUT2D eigenvalue weighted by Crippen LogP contribution is 2.22. The van der Waals surface area contributed by atoms with Gasteiger partial charge >= 0.3 is 0 Å². The number of carbonyl (C=O) groups is 1. The Morgan fingerprint density at radius 3 is 2.46 bits per heavy atom. The summed E-state index contributed by atoms with van der Waals surface area (Å²) in [6, 6.07) is 15.7. The molecular weight excluding hydrogens is 347 g/mol. The van der Waals surface area contributed by atoms with Crippen LogP contribution in [0.2, 0.25) is 10.0 Å². The lowest BCUT2D eigenvalue weighted by atomic mass is 10.3. The summed E-state index contributed by atoms with van der Waals surface area (Å²) in [5.74, 6) is 0.126. The van der Waals surface area contributed by atoms with Gasteiger partial charge in [-0.15, -0.1) is 0 Å². The van der Waals surface area contributed by atoms with Crippen molar-refractivity contribution in [2.24, 2.45) is 0 Å². The highest BCUT2D eigenvalue weighted by atomic mass is 35.5. The molecule has 0 bridgehead atoms. The number of hydrogen-bond donors (Lipinski definition) is 2. The Kier molecular flexibility index (Phi) is 4.93. The van der Waals surface area contributed by atoms with Crippen molar-refractivity contribution in [3.63, 3.8) is 0 Å². The molecule has 0 aliphatic carbocycles. The van der Waals surface area contributed by atoms with Crippen molar-refractivity contribution in [1.82, 2.24) is 9.97 Å². The van der Waals surface area contributed by atoms with Crippen LogP contribution in [0, 0.1) is 0 Å². The van der Waals surface area contributed by atoms with E-state index in [9.17, 15) is 4.79 Å². The van der Waals surface area contributed by atoms with Gasteiger partial charge in [-0.1, -0.05) is 35.3 Å². The topological polar surface area (TPSA) is 66.9 Å². The molecule has 0 atom stereocenters. The number of benzene rings is 2. The molecule has 3 rings (SSSR count). The van der Waals surface area contributed by atoms with Crippen molar-refractivity contribution in [3.8, 4) is 0 Å². The molecule has 5 nitrogen and oxygen atoms in total. The number of nitrogens with one attached hydrogen (secondary N) is 2. The lowest BCUT2D eigenvalue weighted by Crippen LogP contribution is -2.14. The molecule has 0 aliphatic heterocycles. The SMILES string of the molecule is O=C(Nc1ccccc1Cl)c1cc(Nc2ccc(Cl)cc2)ncn1. The third-order valence-corrected chi connectivity index (χ3v) is 3.72. The molecule has 2 aromatic carbocycles. The summed E-state index contributed by atoms with van der Waals surface area (Å²) in [6.45, 7) is 0. The maximum atomic E-state index is 12.3. The molecular formula is C17H12Cl2N4O. The molecule has 0 fully saturated rings. The molecule has 1 heterocycles. The third kappa shape index (κ3) is 4.01. The van der Waals surface area contributed by atoms with Gasteiger partial charge in [-0.3, -0.25) is 4.79 Å². The molecule has 120 valence electrons. The van der Waals surface area contributed by atoms with E-state index in [4.69, 9.17) is 23.2 Å². The normalized spacial score (nSPS) is 10.2. The summed E-state index contributed by atoms with van der Waals surface area (Å²) < 4.78 is 0. The monoisotopic (exact) mass is 358 g/mol. The fourth-order valence-electron chi connectivity index (χ4n) is 1.98. The highest BCUT2D eigenvalue weighted by Gasteiger charge is 2.11. The first-order valence-electron chi connectivity index (χ1n) is 7.02. The van der Waals surface area contributed by atoms with E-state index < -0.39 is 0 Å². The molecule has 2 N–H and O–H groups in total. The second-order valence-electron chi connectivity index (χ2n) is 4.85. The van der Waals surface area contributed by atoms with Gasteiger partial charge in [0.15, 0.2) is 0 Å². The Labute approximate surface area is 148 Å². The zero-order chi connectivity index (χ0) is 16.9. The zero-order valence-electron chi connectivity index (χ0n) is 12.3. The Balaban J connectivity index is 1.76. The lowest BCUT2D eigenvalue weighted by Gasteiger charge is -2.08. The molecule has 0 spiro atoms. The number of carbonyl (C=O) groups excluding carboxylic acids is 1. The fourth-order valence-corrected chi connectivity index (χ4v) is 2.29. The predicted molar refractivity (Wildman–Crippen MR) is 96.2 cm³/mol. The maximum Gasteiger partial charge on any atom is 0.274 e. The van der Waals surface area contributed by atoms with Gasteiger partial charge in [-0.05, 0) is 36.4 Å². The molecule has 7 heteroatoms. The fraction of sp³-hybridized carbons (Fsp3) is 0. The average molecular weight is 359 g/mol. The van der Waals surface area contributed by atoms with Gasteiger partial charge in [-0.2, -0.15) is 0 Å². The third-order valence-electron chi connectivity index (χ3n) is 3.14. The first-order valence-corrected chi connectivity index (χ1v) is 7.78. The van der Waals surface area contributed by atoms with Crippen LogP contribution in [0.1, 0.15) is 10.5 Å². The Morgan fingerprint density at radius 2 is 1.71 bits per heavy atom. The Hall–Kier alpha value is -2.63. The molecule has 0 unspecified atom stereocenters. The second kappa shape index (κ2) is 7.29. The molecule has 1 aromatic heterocycles. The quantitative estimate of drug-likeness (QED) is 0.704. The summed E-state index contributed by atoms with van der Waals surface area (Å²) >= 11 is 11.9. The Bertz CT molecular complexity index is 868. The first-order chi connectivity index (χ1) is 11.6. The van der Waals surface area contributed by atoms with Crippen LogP contribution >= 0.6 is 23.2 Å². The molecule has 0 aliphatic rings. The van der Waals surface area contributed by atoms with Crippen LogP contribution < -0.4 is 10.6 Å². The van der Waals surface area contributed by atoms with Crippen molar-refractivity contribution in [2.45, 2.75) is 0 Å². The molecule has 24 heavy (non-hydrogen) atoms. The van der Waals surface area contributed by atoms with Crippen LogP contribution in [0.25, 0.3) is 0 Å². The van der Waals surface area contributed by atoms with Gasteiger partial charge in [0.1, 0.15) is 17.8 Å². The van der Waals surface area contributed by atoms with Gasteiger partial charge in [-0.25, -0.2) is 9.97 Å². The zero-order valence-corrected chi connectivity index (χ0v) is 13.8. The number of amides is 1. The number of anilines is 3. The van der Waals surface area contributed by atoms with Crippen LogP contribution in [-0.2, 0) is 0 Å². The summed E-state index contributed by atoms with van der Waals surface area (Å²) in [7, 11) is 0. The van der Waals surface area contributed by atoms with Crippen LogP contribution in [0.15, 0.2) is 60.9 Å². The number of nitrogens with zero attached hydrogens (tertiary/aromatic N) is 2. The largest absolute Gasteiger partial charge is 0.340 e. The van der Waals surface area contributed by atoms with Gasteiger partial charge in [0.2, 0.25) is 0 Å². The Morgan fingerprint density at radius 1 is 0.958 bits per heavy atom. The minimum absolute atomic E-state index is 0.224. The molecule has 0 saturated heterocycles. The van der Waals surface area contributed by atoms with Crippen LogP contribution in [0.5, 0.6) is 0 Å². The van der Waals surface area contributed by atoms with Gasteiger partial charge in [0, 0.05) is 16.8 Å². The van der Waals surface area contributed by atoms with E-state index in [0.29, 0.717) is 21.6 Å². The minimum atomic E-state index is -0.371. The van der Waals surface area contributed by atoms with Crippen molar-refractivity contribution < 1.29 is 4.79 Å². The van der Waals surface area contributed by atoms with Crippen molar-refractivity contribution in [1.29, 1.82) is 0 Å². The van der Waals surface area contributed by atoms with Gasteiger partial charge in [0.05, 0.1) is 10.7 Å². The summed E-state index contributed by atoms with van der Waals surface area (Å²) in [4.78, 5) is 20.4. The van der Waals surface area contributed by atoms with E-state index in [0.717, 1.165) is 5.69 Å². The van der Waals surface area contributed by atoms with E-state index in [1.165, 1.54) is 6.33 Å². The lowest BCUT2D eigenvalue weighted by molar-refractivity contribution is 0.102. The summed E-state index contributed by atoms with van der Waals surface area (Å²) in [6.07, 6.45) is 1.32. The van der Waals surface area contributed by atoms with Crippen molar-refractivity contribution in [2.75, 3.05) is 10.6 Å². The van der Waals surface area contributed by atoms with Crippen LogP contribution in [-0.4, -0.2) is 15.9 Å².